The Hall–Kier alpha value is -1.63. The van der Waals surface area contributed by atoms with E-state index in [4.69, 9.17) is 11.6 Å². The van der Waals surface area contributed by atoms with Crippen LogP contribution in [-0.4, -0.2) is 40.5 Å². The second-order valence-corrected chi connectivity index (χ2v) is 5.46. The van der Waals surface area contributed by atoms with Crippen LogP contribution in [0.25, 0.3) is 16.7 Å². The summed E-state index contributed by atoms with van der Waals surface area (Å²) < 4.78 is 15.6. The number of halogens is 3. The van der Waals surface area contributed by atoms with E-state index < -0.39 is 5.82 Å². The Morgan fingerprint density at radius 3 is 2.77 bits per heavy atom. The molecule has 116 valence electrons. The molecular weight excluding hydrogens is 328 g/mol. The minimum Gasteiger partial charge on any atom is -0.351 e. The molecule has 4 rings (SSSR count). The third-order valence-corrected chi connectivity index (χ3v) is 4.05. The van der Waals surface area contributed by atoms with Gasteiger partial charge in [0.2, 0.25) is 0 Å². The third kappa shape index (κ3) is 2.37. The summed E-state index contributed by atoms with van der Waals surface area (Å²) in [7, 11) is 0. The number of hydrogen-bond acceptors (Lipinski definition) is 4. The summed E-state index contributed by atoms with van der Waals surface area (Å²) in [5.41, 5.74) is 2.11. The highest BCUT2D eigenvalue weighted by atomic mass is 35.5. The lowest BCUT2D eigenvalue weighted by molar-refractivity contribution is 0.586. The summed E-state index contributed by atoms with van der Waals surface area (Å²) in [6, 6.07) is 2.97. The molecule has 0 saturated carbocycles. The Bertz CT molecular complexity index is 829. The smallest absolute Gasteiger partial charge is 0.180 e. The highest BCUT2D eigenvalue weighted by molar-refractivity contribution is 6.31. The van der Waals surface area contributed by atoms with Gasteiger partial charge in [-0.1, -0.05) is 11.6 Å². The van der Waals surface area contributed by atoms with Gasteiger partial charge in [-0.2, -0.15) is 0 Å². The van der Waals surface area contributed by atoms with Gasteiger partial charge in [0.15, 0.2) is 11.5 Å². The lowest BCUT2D eigenvalue weighted by Crippen LogP contribution is -2.44. The molecular formula is C14H14Cl2FN5. The average Bonchev–Trinajstić information content (AvgIpc) is 2.99. The van der Waals surface area contributed by atoms with Crippen LogP contribution in [0.2, 0.25) is 5.02 Å². The van der Waals surface area contributed by atoms with Crippen molar-refractivity contribution in [1.82, 2.24) is 19.7 Å². The molecule has 0 aliphatic carbocycles. The van der Waals surface area contributed by atoms with E-state index in [1.54, 1.807) is 12.3 Å². The second kappa shape index (κ2) is 5.87. The van der Waals surface area contributed by atoms with Gasteiger partial charge in [0.25, 0.3) is 0 Å². The van der Waals surface area contributed by atoms with Gasteiger partial charge in [-0.15, -0.1) is 12.4 Å². The molecule has 22 heavy (non-hydrogen) atoms. The number of nitrogens with zero attached hydrogens (tertiary/aromatic N) is 4. The maximum Gasteiger partial charge on any atom is 0.180 e. The number of imidazole rings is 1. The van der Waals surface area contributed by atoms with E-state index in [-0.39, 0.29) is 17.4 Å². The monoisotopic (exact) mass is 341 g/mol. The van der Waals surface area contributed by atoms with E-state index in [0.29, 0.717) is 5.52 Å². The highest BCUT2D eigenvalue weighted by Gasteiger charge is 2.18. The van der Waals surface area contributed by atoms with Crippen LogP contribution in [0.5, 0.6) is 0 Å². The van der Waals surface area contributed by atoms with E-state index in [9.17, 15) is 4.39 Å². The van der Waals surface area contributed by atoms with Crippen molar-refractivity contribution in [3.63, 3.8) is 0 Å². The maximum absolute atomic E-state index is 13.7. The average molecular weight is 342 g/mol. The van der Waals surface area contributed by atoms with Crippen molar-refractivity contribution in [1.29, 1.82) is 0 Å². The number of aromatic nitrogens is 3. The third-order valence-electron chi connectivity index (χ3n) is 3.76. The standard InChI is InChI=1S/C14H13ClFN5.ClH/c15-9-7-12-11(8-10(9)16)19-14(13-18-3-6-21(12)13)20-4-1-17-2-5-20;/h3,6-8,17H,1-2,4-5H2;1H. The first-order valence-corrected chi connectivity index (χ1v) is 7.19. The molecule has 1 saturated heterocycles. The summed E-state index contributed by atoms with van der Waals surface area (Å²) in [4.78, 5) is 11.2. The zero-order valence-corrected chi connectivity index (χ0v) is 13.2. The first kappa shape index (κ1) is 15.3. The van der Waals surface area contributed by atoms with Crippen LogP contribution in [0.3, 0.4) is 0 Å². The summed E-state index contributed by atoms with van der Waals surface area (Å²) in [5, 5.41) is 3.40. The SMILES string of the molecule is Cl.Fc1cc2nc(N3CCNCC3)c3nccn3c2cc1Cl. The van der Waals surface area contributed by atoms with Crippen LogP contribution in [-0.2, 0) is 0 Å². The minimum atomic E-state index is -0.456. The van der Waals surface area contributed by atoms with Crippen molar-refractivity contribution >= 4 is 46.5 Å². The minimum absolute atomic E-state index is 0. The van der Waals surface area contributed by atoms with E-state index in [1.165, 1.54) is 6.07 Å². The molecule has 1 fully saturated rings. The number of anilines is 1. The quantitative estimate of drug-likeness (QED) is 0.738. The number of hydrogen-bond donors (Lipinski definition) is 1. The predicted molar refractivity (Wildman–Crippen MR) is 87.8 cm³/mol. The van der Waals surface area contributed by atoms with Gasteiger partial charge < -0.3 is 10.2 Å². The van der Waals surface area contributed by atoms with Crippen molar-refractivity contribution in [2.24, 2.45) is 0 Å². The molecule has 3 aromatic rings. The summed E-state index contributed by atoms with van der Waals surface area (Å²) in [6.07, 6.45) is 3.57. The van der Waals surface area contributed by atoms with Crippen LogP contribution >= 0.6 is 24.0 Å². The number of fused-ring (bicyclic) bond motifs is 3. The first-order valence-electron chi connectivity index (χ1n) is 6.81. The summed E-state index contributed by atoms with van der Waals surface area (Å²) in [6.45, 7) is 3.53. The Balaban J connectivity index is 0.00000144. The molecule has 1 N–H and O–H groups in total. The molecule has 0 bridgehead atoms. The lowest BCUT2D eigenvalue weighted by Gasteiger charge is -2.28. The van der Waals surface area contributed by atoms with Gasteiger partial charge in [-0.05, 0) is 6.07 Å². The molecule has 0 atom stereocenters. The lowest BCUT2D eigenvalue weighted by atomic mass is 10.2. The van der Waals surface area contributed by atoms with Crippen LogP contribution < -0.4 is 10.2 Å². The van der Waals surface area contributed by atoms with Crippen molar-refractivity contribution in [3.8, 4) is 0 Å². The van der Waals surface area contributed by atoms with Crippen molar-refractivity contribution in [3.05, 3.63) is 35.4 Å². The molecule has 0 radical (unpaired) electrons. The number of piperazine rings is 1. The Kier molecular flexibility index (Phi) is 4.08. The molecule has 8 heteroatoms. The number of nitrogens with one attached hydrogen (secondary N) is 1. The maximum atomic E-state index is 13.7. The van der Waals surface area contributed by atoms with Crippen molar-refractivity contribution < 1.29 is 4.39 Å². The molecule has 0 unspecified atom stereocenters. The van der Waals surface area contributed by atoms with Crippen LogP contribution in [0.1, 0.15) is 0 Å². The van der Waals surface area contributed by atoms with Gasteiger partial charge in [-0.25, -0.2) is 14.4 Å². The fraction of sp³-hybridized carbons (Fsp3) is 0.286. The molecule has 0 amide bonds. The number of benzene rings is 1. The predicted octanol–water partition coefficient (Wildman–Crippen LogP) is 2.51. The molecule has 3 heterocycles. The topological polar surface area (TPSA) is 45.5 Å². The number of rotatable bonds is 1. The van der Waals surface area contributed by atoms with E-state index in [2.05, 4.69) is 20.2 Å². The van der Waals surface area contributed by atoms with Gasteiger partial charge in [0, 0.05) is 44.6 Å². The van der Waals surface area contributed by atoms with Crippen LogP contribution in [0.15, 0.2) is 24.5 Å². The van der Waals surface area contributed by atoms with E-state index >= 15 is 0 Å². The Morgan fingerprint density at radius 2 is 2.00 bits per heavy atom. The Labute approximate surface area is 137 Å². The van der Waals surface area contributed by atoms with Crippen molar-refractivity contribution in [2.45, 2.75) is 0 Å². The Morgan fingerprint density at radius 1 is 1.23 bits per heavy atom. The molecule has 5 nitrogen and oxygen atoms in total. The fourth-order valence-electron chi connectivity index (χ4n) is 2.72. The van der Waals surface area contributed by atoms with Gasteiger partial charge in [0.1, 0.15) is 5.82 Å². The van der Waals surface area contributed by atoms with Gasteiger partial charge in [0.05, 0.1) is 16.1 Å². The normalized spacial score (nSPS) is 15.3. The molecule has 1 aliphatic heterocycles. The van der Waals surface area contributed by atoms with Crippen LogP contribution in [0, 0.1) is 5.82 Å². The van der Waals surface area contributed by atoms with Crippen LogP contribution in [0.4, 0.5) is 10.2 Å². The summed E-state index contributed by atoms with van der Waals surface area (Å²) >= 11 is 5.89. The highest BCUT2D eigenvalue weighted by Crippen LogP contribution is 2.27. The van der Waals surface area contributed by atoms with Gasteiger partial charge >= 0.3 is 0 Å². The van der Waals surface area contributed by atoms with Gasteiger partial charge in [-0.3, -0.25) is 4.40 Å². The largest absolute Gasteiger partial charge is 0.351 e. The molecule has 1 aromatic carbocycles. The second-order valence-electron chi connectivity index (χ2n) is 5.05. The first-order chi connectivity index (χ1) is 10.2. The van der Waals surface area contributed by atoms with E-state index in [0.717, 1.165) is 43.2 Å². The zero-order valence-electron chi connectivity index (χ0n) is 11.6. The molecule has 2 aromatic heterocycles. The molecule has 1 aliphatic rings. The van der Waals surface area contributed by atoms with Crippen molar-refractivity contribution in [2.75, 3.05) is 31.1 Å². The molecule has 0 spiro atoms. The summed E-state index contributed by atoms with van der Waals surface area (Å²) in [5.74, 6) is 0.332. The zero-order chi connectivity index (χ0) is 14.4. The fourth-order valence-corrected chi connectivity index (χ4v) is 2.88. The van der Waals surface area contributed by atoms with E-state index in [1.807, 2.05) is 10.6 Å².